The molecule has 0 amide bonds. The van der Waals surface area contributed by atoms with Gasteiger partial charge in [0.25, 0.3) is 0 Å². The smallest absolute Gasteiger partial charge is 0.338 e. The fourth-order valence-corrected chi connectivity index (χ4v) is 3.23. The highest BCUT2D eigenvalue weighted by Crippen LogP contribution is 2.36. The van der Waals surface area contributed by atoms with E-state index in [0.717, 1.165) is 17.5 Å². The molecule has 1 aliphatic carbocycles. The van der Waals surface area contributed by atoms with Crippen LogP contribution >= 0.6 is 0 Å². The SMILES string of the molecule is O=C(COC(=O)[C@H]1COCCO1)c1ccc2c(c1)-c1ccccc1C2. The molecular formula is C20H18O5. The zero-order valence-electron chi connectivity index (χ0n) is 13.7. The van der Waals surface area contributed by atoms with Crippen molar-refractivity contribution in [3.63, 3.8) is 0 Å². The predicted octanol–water partition coefficient (Wildman–Crippen LogP) is 2.40. The first-order chi connectivity index (χ1) is 12.2. The van der Waals surface area contributed by atoms with E-state index in [4.69, 9.17) is 14.2 Å². The van der Waals surface area contributed by atoms with Crippen LogP contribution in [0.5, 0.6) is 0 Å². The Kier molecular flexibility index (Phi) is 4.34. The Morgan fingerprint density at radius 2 is 1.88 bits per heavy atom. The van der Waals surface area contributed by atoms with Crippen LogP contribution in [0.25, 0.3) is 11.1 Å². The van der Waals surface area contributed by atoms with Crippen molar-refractivity contribution in [1.82, 2.24) is 0 Å². The van der Waals surface area contributed by atoms with Gasteiger partial charge in [-0.25, -0.2) is 4.79 Å². The minimum Gasteiger partial charge on any atom is -0.455 e. The first-order valence-electron chi connectivity index (χ1n) is 8.33. The monoisotopic (exact) mass is 338 g/mol. The maximum Gasteiger partial charge on any atom is 0.338 e. The van der Waals surface area contributed by atoms with Gasteiger partial charge in [-0.3, -0.25) is 4.79 Å². The molecule has 1 saturated heterocycles. The second kappa shape index (κ2) is 6.78. The van der Waals surface area contributed by atoms with Gasteiger partial charge in [0, 0.05) is 5.56 Å². The maximum absolute atomic E-state index is 12.4. The maximum atomic E-state index is 12.4. The van der Waals surface area contributed by atoms with Crippen molar-refractivity contribution in [2.45, 2.75) is 12.5 Å². The molecule has 1 fully saturated rings. The lowest BCUT2D eigenvalue weighted by Crippen LogP contribution is -2.37. The van der Waals surface area contributed by atoms with Crippen molar-refractivity contribution in [3.05, 3.63) is 59.2 Å². The van der Waals surface area contributed by atoms with Crippen LogP contribution in [0.15, 0.2) is 42.5 Å². The minimum absolute atomic E-state index is 0.169. The lowest BCUT2D eigenvalue weighted by molar-refractivity contribution is -0.169. The van der Waals surface area contributed by atoms with E-state index >= 15 is 0 Å². The van der Waals surface area contributed by atoms with Crippen molar-refractivity contribution in [1.29, 1.82) is 0 Å². The summed E-state index contributed by atoms with van der Waals surface area (Å²) in [5.74, 6) is -0.781. The molecule has 2 aliphatic rings. The number of hydrogen-bond donors (Lipinski definition) is 0. The van der Waals surface area contributed by atoms with Crippen LogP contribution in [0.3, 0.4) is 0 Å². The lowest BCUT2D eigenvalue weighted by Gasteiger charge is -2.21. The van der Waals surface area contributed by atoms with Crippen molar-refractivity contribution < 1.29 is 23.8 Å². The van der Waals surface area contributed by atoms with Crippen LogP contribution in [0, 0.1) is 0 Å². The Balaban J connectivity index is 1.44. The fourth-order valence-electron chi connectivity index (χ4n) is 3.23. The van der Waals surface area contributed by atoms with Crippen molar-refractivity contribution in [2.24, 2.45) is 0 Å². The van der Waals surface area contributed by atoms with Crippen LogP contribution in [0.1, 0.15) is 21.5 Å². The number of fused-ring (bicyclic) bond motifs is 3. The standard InChI is InChI=1S/C20H18O5/c21-18(11-25-20(22)19-12-23-7-8-24-19)15-6-5-14-9-13-3-1-2-4-16(13)17(14)10-15/h1-6,10,19H,7-9,11-12H2/t19-/m1/s1. The summed E-state index contributed by atoms with van der Waals surface area (Å²) in [6, 6.07) is 13.8. The highest BCUT2D eigenvalue weighted by Gasteiger charge is 2.25. The quantitative estimate of drug-likeness (QED) is 0.540. The number of carbonyl (C=O) groups excluding carboxylic acids is 2. The van der Waals surface area contributed by atoms with Crippen molar-refractivity contribution in [2.75, 3.05) is 26.4 Å². The van der Waals surface area contributed by atoms with Gasteiger partial charge < -0.3 is 14.2 Å². The zero-order chi connectivity index (χ0) is 17.2. The number of Topliss-reactive ketones (excluding diaryl/α,β-unsaturated/α-hetero) is 1. The number of ketones is 1. The average Bonchev–Trinajstić information content (AvgIpc) is 3.04. The Morgan fingerprint density at radius 1 is 1.04 bits per heavy atom. The zero-order valence-corrected chi connectivity index (χ0v) is 13.7. The third kappa shape index (κ3) is 3.21. The molecule has 2 aromatic carbocycles. The molecule has 0 spiro atoms. The van der Waals surface area contributed by atoms with Gasteiger partial charge in [-0.1, -0.05) is 36.4 Å². The molecule has 5 nitrogen and oxygen atoms in total. The second-order valence-electron chi connectivity index (χ2n) is 6.17. The van der Waals surface area contributed by atoms with E-state index in [2.05, 4.69) is 12.1 Å². The molecule has 4 rings (SSSR count). The highest BCUT2D eigenvalue weighted by atomic mass is 16.6. The van der Waals surface area contributed by atoms with E-state index in [1.807, 2.05) is 24.3 Å². The van der Waals surface area contributed by atoms with Gasteiger partial charge in [0.05, 0.1) is 19.8 Å². The van der Waals surface area contributed by atoms with Crippen molar-refractivity contribution in [3.8, 4) is 11.1 Å². The number of benzene rings is 2. The number of ether oxygens (including phenoxy) is 3. The number of esters is 1. The van der Waals surface area contributed by atoms with E-state index in [9.17, 15) is 9.59 Å². The number of carbonyl (C=O) groups is 2. The van der Waals surface area contributed by atoms with Crippen LogP contribution in [0.2, 0.25) is 0 Å². The van der Waals surface area contributed by atoms with E-state index in [1.54, 1.807) is 6.07 Å². The molecule has 0 radical (unpaired) electrons. The van der Waals surface area contributed by atoms with Gasteiger partial charge in [-0.2, -0.15) is 0 Å². The Bertz CT molecular complexity index is 821. The fraction of sp³-hybridized carbons (Fsp3) is 0.300. The summed E-state index contributed by atoms with van der Waals surface area (Å²) >= 11 is 0. The Morgan fingerprint density at radius 3 is 2.72 bits per heavy atom. The molecule has 5 heteroatoms. The molecule has 0 aromatic heterocycles. The summed E-state index contributed by atoms with van der Waals surface area (Å²) in [5, 5.41) is 0. The predicted molar refractivity (Wildman–Crippen MR) is 90.5 cm³/mol. The summed E-state index contributed by atoms with van der Waals surface area (Å²) in [6.45, 7) is 0.707. The van der Waals surface area contributed by atoms with Crippen LogP contribution < -0.4 is 0 Å². The molecule has 0 saturated carbocycles. The minimum atomic E-state index is -0.742. The van der Waals surface area contributed by atoms with E-state index in [0.29, 0.717) is 18.8 Å². The van der Waals surface area contributed by atoms with Gasteiger partial charge >= 0.3 is 5.97 Å². The summed E-state index contributed by atoms with van der Waals surface area (Å²) in [5.41, 5.74) is 5.27. The van der Waals surface area contributed by atoms with E-state index in [1.165, 1.54) is 11.1 Å². The molecule has 1 atom stereocenters. The van der Waals surface area contributed by atoms with Gasteiger partial charge in [-0.15, -0.1) is 0 Å². The highest BCUT2D eigenvalue weighted by molar-refractivity contribution is 5.99. The first kappa shape index (κ1) is 16.0. The topological polar surface area (TPSA) is 61.8 Å². The van der Waals surface area contributed by atoms with Crippen LogP contribution in [-0.4, -0.2) is 44.3 Å². The number of hydrogen-bond acceptors (Lipinski definition) is 5. The normalized spacial score (nSPS) is 18.3. The van der Waals surface area contributed by atoms with Crippen LogP contribution in [-0.2, 0) is 25.4 Å². The Hall–Kier alpha value is -2.50. The molecule has 1 heterocycles. The third-order valence-corrected chi connectivity index (χ3v) is 4.54. The average molecular weight is 338 g/mol. The van der Waals surface area contributed by atoms with E-state index < -0.39 is 12.1 Å². The number of rotatable bonds is 4. The second-order valence-corrected chi connectivity index (χ2v) is 6.17. The third-order valence-electron chi connectivity index (χ3n) is 4.54. The largest absolute Gasteiger partial charge is 0.455 e. The molecular weight excluding hydrogens is 320 g/mol. The van der Waals surface area contributed by atoms with E-state index in [-0.39, 0.29) is 19.0 Å². The Labute approximate surface area is 145 Å². The summed E-state index contributed by atoms with van der Waals surface area (Å²) in [7, 11) is 0. The van der Waals surface area contributed by atoms with Gasteiger partial charge in [0.2, 0.25) is 0 Å². The first-order valence-corrected chi connectivity index (χ1v) is 8.33. The molecule has 128 valence electrons. The lowest BCUT2D eigenvalue weighted by atomic mass is 10.0. The molecule has 0 unspecified atom stereocenters. The summed E-state index contributed by atoms with van der Waals surface area (Å²) < 4.78 is 15.5. The molecule has 0 N–H and O–H groups in total. The molecule has 0 bridgehead atoms. The van der Waals surface area contributed by atoms with Gasteiger partial charge in [0.15, 0.2) is 18.5 Å². The summed E-state index contributed by atoms with van der Waals surface area (Å²) in [4.78, 5) is 24.3. The molecule has 1 aliphatic heterocycles. The van der Waals surface area contributed by atoms with Crippen molar-refractivity contribution >= 4 is 11.8 Å². The molecule has 2 aromatic rings. The van der Waals surface area contributed by atoms with Crippen LogP contribution in [0.4, 0.5) is 0 Å². The summed E-state index contributed by atoms with van der Waals surface area (Å²) in [6.07, 6.45) is 0.141. The van der Waals surface area contributed by atoms with Gasteiger partial charge in [0.1, 0.15) is 0 Å². The van der Waals surface area contributed by atoms with Gasteiger partial charge in [-0.05, 0) is 34.7 Å². The molecule has 25 heavy (non-hydrogen) atoms.